The molecule has 2 N–H and O–H groups in total. The first-order valence-corrected chi connectivity index (χ1v) is 9.81. The molecule has 1 amide bonds. The number of amides is 1. The van der Waals surface area contributed by atoms with E-state index in [1.807, 2.05) is 25.2 Å². The molecule has 1 aliphatic heterocycles. The molecule has 0 bridgehead atoms. The molecule has 4 heterocycles. The van der Waals surface area contributed by atoms with E-state index in [4.69, 9.17) is 9.90 Å². The molecule has 0 unspecified atom stereocenters. The third-order valence-corrected chi connectivity index (χ3v) is 5.10. The highest BCUT2D eigenvalue weighted by Gasteiger charge is 2.38. The number of benzene rings is 1. The average Bonchev–Trinajstić information content (AvgIpc) is 3.38. The molecule has 3 aromatic heterocycles. The largest absolute Gasteiger partial charge is 0.490 e. The highest BCUT2D eigenvalue weighted by molar-refractivity contribution is 5.94. The molecule has 33 heavy (non-hydrogen) atoms. The predicted octanol–water partition coefficient (Wildman–Crippen LogP) is 3.48. The minimum Gasteiger partial charge on any atom is -0.475 e. The summed E-state index contributed by atoms with van der Waals surface area (Å²) in [4.78, 5) is 25.4. The Morgan fingerprint density at radius 1 is 1.09 bits per heavy atom. The van der Waals surface area contributed by atoms with Crippen LogP contribution in [0.2, 0.25) is 0 Å². The van der Waals surface area contributed by atoms with E-state index in [-0.39, 0.29) is 5.91 Å². The Bertz CT molecular complexity index is 1360. The molecule has 1 aliphatic rings. The van der Waals surface area contributed by atoms with E-state index < -0.39 is 12.1 Å². The molecule has 1 aromatic carbocycles. The van der Waals surface area contributed by atoms with Crippen LogP contribution in [-0.2, 0) is 18.4 Å². The molecule has 4 aromatic rings. The van der Waals surface area contributed by atoms with E-state index in [0.717, 1.165) is 22.5 Å². The number of fused-ring (bicyclic) bond motifs is 2. The maximum absolute atomic E-state index is 12.0. The van der Waals surface area contributed by atoms with Gasteiger partial charge in [-0.05, 0) is 36.4 Å². The number of aromatic nitrogens is 4. The van der Waals surface area contributed by atoms with E-state index in [2.05, 4.69) is 50.4 Å². The number of carbonyl (C=O) groups is 2. The van der Waals surface area contributed by atoms with Gasteiger partial charge in [0.15, 0.2) is 0 Å². The Morgan fingerprint density at radius 3 is 2.52 bits per heavy atom. The minimum atomic E-state index is -5.08. The zero-order valence-corrected chi connectivity index (χ0v) is 17.3. The van der Waals surface area contributed by atoms with Crippen LogP contribution in [0, 0.1) is 0 Å². The van der Waals surface area contributed by atoms with Crippen molar-refractivity contribution in [3.05, 3.63) is 60.6 Å². The quantitative estimate of drug-likeness (QED) is 0.480. The molecule has 0 fully saturated rings. The van der Waals surface area contributed by atoms with Gasteiger partial charge >= 0.3 is 12.1 Å². The molecule has 8 nitrogen and oxygen atoms in total. The van der Waals surface area contributed by atoms with Crippen molar-refractivity contribution in [1.82, 2.24) is 24.6 Å². The van der Waals surface area contributed by atoms with Gasteiger partial charge in [0.05, 0.1) is 17.9 Å². The number of pyridine rings is 1. The fraction of sp³-hybridized carbons (Fsp3) is 0.182. The van der Waals surface area contributed by atoms with Gasteiger partial charge in [-0.15, -0.1) is 0 Å². The number of nitrogens with one attached hydrogen (secondary N) is 1. The van der Waals surface area contributed by atoms with Crippen molar-refractivity contribution in [2.75, 3.05) is 6.54 Å². The smallest absolute Gasteiger partial charge is 0.475 e. The lowest BCUT2D eigenvalue weighted by atomic mass is 10.1. The van der Waals surface area contributed by atoms with Crippen LogP contribution in [0.3, 0.4) is 0 Å². The second kappa shape index (κ2) is 8.41. The SMILES string of the molecule is Cn1ccc2cc(-c3cc(-c4cc5n(n4)CCNC5=O)ccn3)ccc21.O=C(O)C(F)(F)F. The highest BCUT2D eigenvalue weighted by Crippen LogP contribution is 2.27. The first-order chi connectivity index (χ1) is 15.6. The Hall–Kier alpha value is -4.15. The molecular formula is C22H18F3N5O3. The van der Waals surface area contributed by atoms with Crippen molar-refractivity contribution < 1.29 is 27.9 Å². The number of carboxylic acids is 1. The van der Waals surface area contributed by atoms with Gasteiger partial charge in [0, 0.05) is 48.0 Å². The summed E-state index contributed by atoms with van der Waals surface area (Å²) in [6.45, 7) is 1.31. The van der Waals surface area contributed by atoms with E-state index >= 15 is 0 Å². The Balaban J connectivity index is 0.000000325. The van der Waals surface area contributed by atoms with E-state index in [1.165, 1.54) is 10.9 Å². The fourth-order valence-electron chi connectivity index (χ4n) is 3.47. The first-order valence-electron chi connectivity index (χ1n) is 9.81. The molecule has 0 saturated heterocycles. The number of halogens is 3. The maximum Gasteiger partial charge on any atom is 0.490 e. The summed E-state index contributed by atoms with van der Waals surface area (Å²) in [5, 5.41) is 15.7. The van der Waals surface area contributed by atoms with Gasteiger partial charge in [0.2, 0.25) is 0 Å². The van der Waals surface area contributed by atoms with Gasteiger partial charge < -0.3 is 15.0 Å². The lowest BCUT2D eigenvalue weighted by molar-refractivity contribution is -0.192. The van der Waals surface area contributed by atoms with Gasteiger partial charge in [-0.2, -0.15) is 18.3 Å². The number of aryl methyl sites for hydroxylation is 1. The van der Waals surface area contributed by atoms with Crippen LogP contribution in [0.1, 0.15) is 10.5 Å². The summed E-state index contributed by atoms with van der Waals surface area (Å²) in [5.74, 6) is -2.83. The van der Waals surface area contributed by atoms with Crippen molar-refractivity contribution in [3.63, 3.8) is 0 Å². The van der Waals surface area contributed by atoms with Crippen LogP contribution in [-0.4, -0.2) is 49.0 Å². The standard InChI is InChI=1S/C20H17N5O.C2HF3O2/c1-24-8-5-15-10-13(2-3-18(15)24)16-11-14(4-6-21-16)17-12-19-20(26)22-7-9-25(19)23-17;3-2(4,5)1(6)7/h2-6,8,10-12H,7,9H2,1H3,(H,22,26);(H,6,7). The molecule has 0 saturated carbocycles. The van der Waals surface area contributed by atoms with Crippen molar-refractivity contribution in [3.8, 4) is 22.5 Å². The zero-order valence-electron chi connectivity index (χ0n) is 17.3. The summed E-state index contributed by atoms with van der Waals surface area (Å²) < 4.78 is 35.6. The Labute approximate surface area is 185 Å². The van der Waals surface area contributed by atoms with Crippen LogP contribution >= 0.6 is 0 Å². The second-order valence-corrected chi connectivity index (χ2v) is 7.33. The average molecular weight is 457 g/mol. The molecule has 0 atom stereocenters. The van der Waals surface area contributed by atoms with E-state index in [1.54, 1.807) is 10.9 Å². The molecule has 0 radical (unpaired) electrons. The Morgan fingerprint density at radius 2 is 1.82 bits per heavy atom. The number of carbonyl (C=O) groups excluding carboxylic acids is 1. The minimum absolute atomic E-state index is 0.0705. The van der Waals surface area contributed by atoms with Gasteiger partial charge in [-0.3, -0.25) is 14.5 Å². The summed E-state index contributed by atoms with van der Waals surface area (Å²) in [6.07, 6.45) is -1.24. The predicted molar refractivity (Wildman–Crippen MR) is 113 cm³/mol. The van der Waals surface area contributed by atoms with Crippen LogP contribution in [0.25, 0.3) is 33.4 Å². The summed E-state index contributed by atoms with van der Waals surface area (Å²) >= 11 is 0. The monoisotopic (exact) mass is 457 g/mol. The molecule has 170 valence electrons. The van der Waals surface area contributed by atoms with Crippen molar-refractivity contribution in [2.45, 2.75) is 12.7 Å². The van der Waals surface area contributed by atoms with Crippen LogP contribution in [0.4, 0.5) is 13.2 Å². The lowest BCUT2D eigenvalue weighted by Gasteiger charge is -2.13. The maximum atomic E-state index is 12.0. The van der Waals surface area contributed by atoms with Gasteiger partial charge in [0.1, 0.15) is 5.69 Å². The first kappa shape index (κ1) is 22.1. The third kappa shape index (κ3) is 4.56. The molecule has 11 heteroatoms. The Kier molecular flexibility index (Phi) is 5.62. The van der Waals surface area contributed by atoms with Crippen molar-refractivity contribution in [1.29, 1.82) is 0 Å². The number of alkyl halides is 3. The van der Waals surface area contributed by atoms with Crippen LogP contribution in [0.15, 0.2) is 54.9 Å². The van der Waals surface area contributed by atoms with Crippen molar-refractivity contribution >= 4 is 22.8 Å². The topological polar surface area (TPSA) is 102 Å². The number of hydrogen-bond acceptors (Lipinski definition) is 4. The zero-order chi connectivity index (χ0) is 23.8. The summed E-state index contributed by atoms with van der Waals surface area (Å²) in [7, 11) is 2.04. The fourth-order valence-corrected chi connectivity index (χ4v) is 3.47. The number of nitrogens with zero attached hydrogens (tertiary/aromatic N) is 4. The molecule has 5 rings (SSSR count). The molecular weight excluding hydrogens is 439 g/mol. The normalized spacial score (nSPS) is 13.2. The van der Waals surface area contributed by atoms with Crippen LogP contribution in [0.5, 0.6) is 0 Å². The third-order valence-electron chi connectivity index (χ3n) is 5.10. The number of carboxylic acid groups (broad SMARTS) is 1. The van der Waals surface area contributed by atoms with Gasteiger partial charge in [0.25, 0.3) is 5.91 Å². The van der Waals surface area contributed by atoms with Gasteiger partial charge in [-0.1, -0.05) is 6.07 Å². The second-order valence-electron chi connectivity index (χ2n) is 7.33. The van der Waals surface area contributed by atoms with Gasteiger partial charge in [-0.25, -0.2) is 4.79 Å². The summed E-state index contributed by atoms with van der Waals surface area (Å²) in [5.41, 5.74) is 5.50. The lowest BCUT2D eigenvalue weighted by Crippen LogP contribution is -2.35. The molecule has 0 spiro atoms. The van der Waals surface area contributed by atoms with E-state index in [9.17, 15) is 18.0 Å². The number of hydrogen-bond donors (Lipinski definition) is 2. The van der Waals surface area contributed by atoms with E-state index in [0.29, 0.717) is 18.8 Å². The highest BCUT2D eigenvalue weighted by atomic mass is 19.4. The summed E-state index contributed by atoms with van der Waals surface area (Å²) in [6, 6.07) is 14.2. The molecule has 0 aliphatic carbocycles. The number of rotatable bonds is 2. The number of aliphatic carboxylic acids is 1. The van der Waals surface area contributed by atoms with Crippen molar-refractivity contribution in [2.24, 2.45) is 7.05 Å². The van der Waals surface area contributed by atoms with Crippen LogP contribution < -0.4 is 5.32 Å².